The minimum Gasteiger partial charge on any atom is -0.496 e. The summed E-state index contributed by atoms with van der Waals surface area (Å²) in [6.45, 7) is 0. The van der Waals surface area contributed by atoms with Crippen LogP contribution in [0.25, 0.3) is 0 Å². The Morgan fingerprint density at radius 3 is 2.64 bits per heavy atom. The minimum absolute atomic E-state index is 0.0540. The van der Waals surface area contributed by atoms with Crippen molar-refractivity contribution in [2.24, 2.45) is 0 Å². The number of nitro benzene ring substituents is 1. The van der Waals surface area contributed by atoms with Crippen LogP contribution in [0.5, 0.6) is 5.75 Å². The average Bonchev–Trinajstić information content (AvgIpc) is 2.52. The number of hydrogen-bond donors (Lipinski definition) is 1. The highest BCUT2D eigenvalue weighted by Crippen LogP contribution is 2.30. The second kappa shape index (κ2) is 6.71. The van der Waals surface area contributed by atoms with E-state index in [0.29, 0.717) is 16.9 Å². The van der Waals surface area contributed by atoms with E-state index in [1.54, 1.807) is 36.4 Å². The first-order valence-corrected chi connectivity index (χ1v) is 6.62. The Morgan fingerprint density at radius 2 is 2.00 bits per heavy atom. The molecule has 0 aromatic heterocycles. The lowest BCUT2D eigenvalue weighted by molar-refractivity contribution is -0.384. The summed E-state index contributed by atoms with van der Waals surface area (Å²) >= 11 is 0. The Bertz CT molecular complexity index is 698. The lowest BCUT2D eigenvalue weighted by atomic mass is 9.91. The molecule has 22 heavy (non-hydrogen) atoms. The number of benzene rings is 2. The Kier molecular flexibility index (Phi) is 4.73. The van der Waals surface area contributed by atoms with E-state index in [0.717, 1.165) is 0 Å². The first-order chi connectivity index (χ1) is 10.5. The highest BCUT2D eigenvalue weighted by molar-refractivity contribution is 5.77. The van der Waals surface area contributed by atoms with Crippen molar-refractivity contribution in [1.82, 2.24) is 0 Å². The zero-order valence-corrected chi connectivity index (χ0v) is 11.9. The fourth-order valence-electron chi connectivity index (χ4n) is 2.32. The summed E-state index contributed by atoms with van der Waals surface area (Å²) in [6.07, 6.45) is 0.150. The van der Waals surface area contributed by atoms with Crippen LogP contribution in [0.3, 0.4) is 0 Å². The van der Waals surface area contributed by atoms with E-state index in [2.05, 4.69) is 0 Å². The molecule has 2 rings (SSSR count). The van der Waals surface area contributed by atoms with Crippen LogP contribution in [0.15, 0.2) is 48.5 Å². The van der Waals surface area contributed by atoms with Gasteiger partial charge in [0.05, 0.1) is 18.0 Å². The van der Waals surface area contributed by atoms with E-state index >= 15 is 0 Å². The number of carbonyl (C=O) groups is 1. The molecule has 0 radical (unpaired) electrons. The Hall–Kier alpha value is -2.89. The van der Waals surface area contributed by atoms with E-state index in [1.807, 2.05) is 0 Å². The normalized spacial score (nSPS) is 11.7. The predicted molar refractivity (Wildman–Crippen MR) is 80.2 cm³/mol. The van der Waals surface area contributed by atoms with Gasteiger partial charge >= 0.3 is 5.97 Å². The van der Waals surface area contributed by atoms with Crippen LogP contribution >= 0.6 is 0 Å². The molecule has 2 aromatic carbocycles. The molecule has 0 spiro atoms. The Balaban J connectivity index is 2.36. The lowest BCUT2D eigenvalue weighted by Gasteiger charge is -2.16. The number of aliphatic carboxylic acids is 1. The van der Waals surface area contributed by atoms with E-state index in [4.69, 9.17) is 4.74 Å². The molecule has 0 aliphatic rings. The first-order valence-electron chi connectivity index (χ1n) is 6.62. The molecule has 0 aliphatic carbocycles. The number of hydrogen-bond acceptors (Lipinski definition) is 4. The van der Waals surface area contributed by atoms with Gasteiger partial charge in [0.2, 0.25) is 0 Å². The molecule has 0 saturated heterocycles. The molecule has 1 unspecified atom stereocenters. The summed E-state index contributed by atoms with van der Waals surface area (Å²) in [5.74, 6) is -1.35. The highest BCUT2D eigenvalue weighted by Gasteiger charge is 2.24. The molecule has 2 aromatic rings. The summed E-state index contributed by atoms with van der Waals surface area (Å²) in [7, 11) is 1.48. The van der Waals surface area contributed by atoms with Crippen molar-refractivity contribution in [2.75, 3.05) is 7.11 Å². The number of carboxylic acid groups (broad SMARTS) is 1. The number of para-hydroxylation sites is 1. The SMILES string of the molecule is COc1ccccc1C(Cc1cccc([N+](=O)[O-])c1)C(=O)O. The van der Waals surface area contributed by atoms with Gasteiger partial charge in [-0.3, -0.25) is 14.9 Å². The van der Waals surface area contributed by atoms with Gasteiger partial charge in [-0.1, -0.05) is 30.3 Å². The molecular formula is C16H15NO5. The molecular weight excluding hydrogens is 286 g/mol. The summed E-state index contributed by atoms with van der Waals surface area (Å²) in [6, 6.07) is 12.9. The number of carboxylic acids is 1. The van der Waals surface area contributed by atoms with E-state index in [-0.39, 0.29) is 12.1 Å². The van der Waals surface area contributed by atoms with Crippen molar-refractivity contribution in [3.63, 3.8) is 0 Å². The summed E-state index contributed by atoms with van der Waals surface area (Å²) < 4.78 is 5.20. The number of methoxy groups -OCH3 is 1. The van der Waals surface area contributed by atoms with Crippen LogP contribution in [0, 0.1) is 10.1 Å². The van der Waals surface area contributed by atoms with Gasteiger partial charge in [0, 0.05) is 17.7 Å². The molecule has 0 saturated carbocycles. The molecule has 0 amide bonds. The van der Waals surface area contributed by atoms with Gasteiger partial charge < -0.3 is 9.84 Å². The van der Waals surface area contributed by atoms with Crippen molar-refractivity contribution >= 4 is 11.7 Å². The number of nitrogens with zero attached hydrogens (tertiary/aromatic N) is 1. The summed E-state index contributed by atoms with van der Waals surface area (Å²) in [4.78, 5) is 21.9. The van der Waals surface area contributed by atoms with Gasteiger partial charge in [-0.2, -0.15) is 0 Å². The van der Waals surface area contributed by atoms with E-state index in [9.17, 15) is 20.0 Å². The first kappa shape index (κ1) is 15.5. The Morgan fingerprint density at radius 1 is 1.27 bits per heavy atom. The smallest absolute Gasteiger partial charge is 0.311 e. The molecule has 6 heteroatoms. The zero-order chi connectivity index (χ0) is 16.1. The van der Waals surface area contributed by atoms with Gasteiger partial charge in [-0.25, -0.2) is 0 Å². The Labute approximate surface area is 127 Å². The van der Waals surface area contributed by atoms with Crippen molar-refractivity contribution in [1.29, 1.82) is 0 Å². The van der Waals surface area contributed by atoms with Gasteiger partial charge in [-0.05, 0) is 18.1 Å². The third kappa shape index (κ3) is 3.41. The maximum Gasteiger partial charge on any atom is 0.311 e. The maximum atomic E-state index is 11.6. The third-order valence-corrected chi connectivity index (χ3v) is 3.37. The van der Waals surface area contributed by atoms with Crippen LogP contribution in [0.4, 0.5) is 5.69 Å². The molecule has 114 valence electrons. The summed E-state index contributed by atoms with van der Waals surface area (Å²) in [5, 5.41) is 20.3. The molecule has 0 aliphatic heterocycles. The predicted octanol–water partition coefficient (Wildman–Crippen LogP) is 3.01. The van der Waals surface area contributed by atoms with Crippen LogP contribution < -0.4 is 4.74 Å². The minimum atomic E-state index is -1.00. The average molecular weight is 301 g/mol. The number of rotatable bonds is 6. The van der Waals surface area contributed by atoms with Crippen molar-refractivity contribution in [3.05, 3.63) is 69.8 Å². The quantitative estimate of drug-likeness (QED) is 0.654. The van der Waals surface area contributed by atoms with Crippen LogP contribution in [0.1, 0.15) is 17.0 Å². The standard InChI is InChI=1S/C16H15NO5/c1-22-15-8-3-2-7-13(15)14(16(18)19)10-11-5-4-6-12(9-11)17(20)21/h2-9,14H,10H2,1H3,(H,18,19). The number of ether oxygens (including phenoxy) is 1. The molecule has 0 heterocycles. The van der Waals surface area contributed by atoms with Gasteiger partial charge in [0.1, 0.15) is 5.75 Å². The second-order valence-electron chi connectivity index (χ2n) is 4.76. The van der Waals surface area contributed by atoms with E-state index < -0.39 is 16.8 Å². The van der Waals surface area contributed by atoms with Crippen LogP contribution in [0.2, 0.25) is 0 Å². The van der Waals surface area contributed by atoms with Crippen molar-refractivity contribution < 1.29 is 19.6 Å². The van der Waals surface area contributed by atoms with E-state index in [1.165, 1.54) is 19.2 Å². The number of nitro groups is 1. The molecule has 1 atom stereocenters. The van der Waals surface area contributed by atoms with Gasteiger partial charge in [-0.15, -0.1) is 0 Å². The maximum absolute atomic E-state index is 11.6. The van der Waals surface area contributed by atoms with Crippen LogP contribution in [-0.4, -0.2) is 23.1 Å². The fourth-order valence-corrected chi connectivity index (χ4v) is 2.32. The monoisotopic (exact) mass is 301 g/mol. The molecule has 1 N–H and O–H groups in total. The third-order valence-electron chi connectivity index (χ3n) is 3.37. The second-order valence-corrected chi connectivity index (χ2v) is 4.76. The topological polar surface area (TPSA) is 89.7 Å². The lowest BCUT2D eigenvalue weighted by Crippen LogP contribution is -2.15. The largest absolute Gasteiger partial charge is 0.496 e. The summed E-state index contributed by atoms with van der Waals surface area (Å²) in [5.41, 5.74) is 1.08. The molecule has 0 fully saturated rings. The zero-order valence-electron chi connectivity index (χ0n) is 11.9. The number of non-ortho nitro benzene ring substituents is 1. The van der Waals surface area contributed by atoms with Crippen molar-refractivity contribution in [2.45, 2.75) is 12.3 Å². The van der Waals surface area contributed by atoms with Crippen LogP contribution in [-0.2, 0) is 11.2 Å². The highest BCUT2D eigenvalue weighted by atomic mass is 16.6. The van der Waals surface area contributed by atoms with Crippen molar-refractivity contribution in [3.8, 4) is 5.75 Å². The van der Waals surface area contributed by atoms with Gasteiger partial charge in [0.25, 0.3) is 5.69 Å². The fraction of sp³-hybridized carbons (Fsp3) is 0.188. The molecule has 6 nitrogen and oxygen atoms in total. The van der Waals surface area contributed by atoms with Gasteiger partial charge in [0.15, 0.2) is 0 Å². The molecule has 0 bridgehead atoms.